The van der Waals surface area contributed by atoms with E-state index in [1.165, 1.54) is 19.3 Å². The van der Waals surface area contributed by atoms with Gasteiger partial charge in [-0.1, -0.05) is 40.0 Å². The van der Waals surface area contributed by atoms with E-state index in [9.17, 15) is 0 Å². The molecule has 15 heavy (non-hydrogen) atoms. The van der Waals surface area contributed by atoms with E-state index in [2.05, 4.69) is 6.92 Å². The van der Waals surface area contributed by atoms with Crippen LogP contribution in [0.15, 0.2) is 0 Å². The Balaban J connectivity index is 3.61. The number of unbranched alkanes of at least 4 members (excludes halogenated alkanes) is 3. The second kappa shape index (κ2) is 9.13. The van der Waals surface area contributed by atoms with Crippen LogP contribution < -0.4 is 5.73 Å². The monoisotopic (exact) mass is 217 g/mol. The molecular formula is C12H27NO2. The first-order valence-corrected chi connectivity index (χ1v) is 6.11. The zero-order chi connectivity index (χ0) is 11.7. The Bertz CT molecular complexity index is 140. The molecule has 0 fully saturated rings. The third-order valence-corrected chi connectivity index (χ3v) is 2.71. The normalized spacial score (nSPS) is 15.6. The van der Waals surface area contributed by atoms with Crippen molar-refractivity contribution in [2.45, 2.75) is 58.6 Å². The van der Waals surface area contributed by atoms with Crippen LogP contribution in [0.25, 0.3) is 0 Å². The first-order valence-electron chi connectivity index (χ1n) is 6.11. The first kappa shape index (κ1) is 14.9. The van der Waals surface area contributed by atoms with Gasteiger partial charge in [-0.25, -0.2) is 0 Å². The quantitative estimate of drug-likeness (QED) is 0.580. The smallest absolute Gasteiger partial charge is 0.0958 e. The molecule has 0 aromatic heterocycles. The van der Waals surface area contributed by atoms with Crippen LogP contribution in [0.1, 0.15) is 46.5 Å². The summed E-state index contributed by atoms with van der Waals surface area (Å²) in [4.78, 5) is 0. The predicted molar refractivity (Wildman–Crippen MR) is 63.8 cm³/mol. The lowest BCUT2D eigenvalue weighted by molar-refractivity contribution is -0.0124. The lowest BCUT2D eigenvalue weighted by Gasteiger charge is -2.25. The van der Waals surface area contributed by atoms with Crippen LogP contribution in [0.4, 0.5) is 0 Å². The fourth-order valence-electron chi connectivity index (χ4n) is 1.48. The van der Waals surface area contributed by atoms with E-state index < -0.39 is 0 Å². The highest BCUT2D eigenvalue weighted by atomic mass is 16.5. The lowest BCUT2D eigenvalue weighted by atomic mass is 10.00. The van der Waals surface area contributed by atoms with Gasteiger partial charge in [0, 0.05) is 12.6 Å². The molecule has 3 nitrogen and oxygen atoms in total. The van der Waals surface area contributed by atoms with Crippen molar-refractivity contribution >= 4 is 0 Å². The Hall–Kier alpha value is -0.120. The molecule has 2 atom stereocenters. The Labute approximate surface area is 94.0 Å². The molecule has 0 rings (SSSR count). The molecule has 3 N–H and O–H groups in total. The average Bonchev–Trinajstić information content (AvgIpc) is 2.22. The zero-order valence-corrected chi connectivity index (χ0v) is 10.4. The highest BCUT2D eigenvalue weighted by Gasteiger charge is 2.20. The molecule has 0 aliphatic rings. The summed E-state index contributed by atoms with van der Waals surface area (Å²) in [5.74, 6) is 0.345. The molecule has 0 saturated carbocycles. The maximum absolute atomic E-state index is 9.14. The van der Waals surface area contributed by atoms with Crippen LogP contribution in [-0.2, 0) is 4.74 Å². The Kier molecular flexibility index (Phi) is 9.06. The molecule has 0 saturated heterocycles. The maximum Gasteiger partial charge on any atom is 0.0958 e. The number of aliphatic hydroxyl groups is 1. The molecule has 0 bridgehead atoms. The second-order valence-electron chi connectivity index (χ2n) is 4.47. The van der Waals surface area contributed by atoms with Crippen LogP contribution in [0.5, 0.6) is 0 Å². The fraction of sp³-hybridized carbons (Fsp3) is 1.00. The number of rotatable bonds is 9. The maximum atomic E-state index is 9.14. The van der Waals surface area contributed by atoms with Gasteiger partial charge in [0.2, 0.25) is 0 Å². The Morgan fingerprint density at radius 3 is 2.33 bits per heavy atom. The summed E-state index contributed by atoms with van der Waals surface area (Å²) in [6.45, 7) is 7.02. The molecule has 0 aliphatic heterocycles. The SMILES string of the molecule is CCCCCCOC(CO)C(N)C(C)C. The van der Waals surface area contributed by atoms with Crippen molar-refractivity contribution in [1.29, 1.82) is 0 Å². The number of hydrogen-bond donors (Lipinski definition) is 2. The van der Waals surface area contributed by atoms with E-state index in [4.69, 9.17) is 15.6 Å². The van der Waals surface area contributed by atoms with Crippen LogP contribution in [0.3, 0.4) is 0 Å². The van der Waals surface area contributed by atoms with Crippen molar-refractivity contribution in [3.05, 3.63) is 0 Å². The molecule has 2 unspecified atom stereocenters. The number of hydrogen-bond acceptors (Lipinski definition) is 3. The summed E-state index contributed by atoms with van der Waals surface area (Å²) in [6.07, 6.45) is 4.55. The van der Waals surface area contributed by atoms with Crippen LogP contribution >= 0.6 is 0 Å². The molecule has 0 aromatic carbocycles. The number of ether oxygens (including phenoxy) is 1. The van der Waals surface area contributed by atoms with Crippen LogP contribution in [0, 0.1) is 5.92 Å². The van der Waals surface area contributed by atoms with E-state index in [0.717, 1.165) is 6.42 Å². The average molecular weight is 217 g/mol. The van der Waals surface area contributed by atoms with Gasteiger partial charge in [-0.05, 0) is 12.3 Å². The molecule has 0 heterocycles. The molecule has 0 amide bonds. The number of nitrogens with two attached hydrogens (primary N) is 1. The summed E-state index contributed by atoms with van der Waals surface area (Å²) in [5.41, 5.74) is 5.93. The van der Waals surface area contributed by atoms with Crippen LogP contribution in [-0.4, -0.2) is 30.5 Å². The predicted octanol–water partition coefficient (Wildman–Crippen LogP) is 1.93. The van der Waals surface area contributed by atoms with Crippen molar-refractivity contribution in [3.8, 4) is 0 Å². The van der Waals surface area contributed by atoms with Crippen molar-refractivity contribution in [3.63, 3.8) is 0 Å². The van der Waals surface area contributed by atoms with Crippen molar-refractivity contribution in [2.24, 2.45) is 11.7 Å². The summed E-state index contributed by atoms with van der Waals surface area (Å²) < 4.78 is 5.59. The molecule has 0 radical (unpaired) electrons. The van der Waals surface area contributed by atoms with E-state index in [1.54, 1.807) is 0 Å². The molecule has 0 aromatic rings. The van der Waals surface area contributed by atoms with E-state index in [0.29, 0.717) is 12.5 Å². The standard InChI is InChI=1S/C12H27NO2/c1-4-5-6-7-8-15-11(9-14)12(13)10(2)3/h10-12,14H,4-9,13H2,1-3H3. The van der Waals surface area contributed by atoms with Gasteiger partial charge in [0.25, 0.3) is 0 Å². The minimum atomic E-state index is -0.202. The van der Waals surface area contributed by atoms with Crippen LogP contribution in [0.2, 0.25) is 0 Å². The first-order chi connectivity index (χ1) is 7.13. The third-order valence-electron chi connectivity index (χ3n) is 2.71. The fourth-order valence-corrected chi connectivity index (χ4v) is 1.48. The Morgan fingerprint density at radius 1 is 1.20 bits per heavy atom. The van der Waals surface area contributed by atoms with Gasteiger partial charge in [0.05, 0.1) is 12.7 Å². The minimum absolute atomic E-state index is 0.0210. The second-order valence-corrected chi connectivity index (χ2v) is 4.47. The topological polar surface area (TPSA) is 55.5 Å². The van der Waals surface area contributed by atoms with Gasteiger partial charge in [-0.15, -0.1) is 0 Å². The summed E-state index contributed by atoms with van der Waals surface area (Å²) in [7, 11) is 0. The highest BCUT2D eigenvalue weighted by molar-refractivity contribution is 4.75. The summed E-state index contributed by atoms with van der Waals surface area (Å²) >= 11 is 0. The Morgan fingerprint density at radius 2 is 1.87 bits per heavy atom. The van der Waals surface area contributed by atoms with E-state index >= 15 is 0 Å². The minimum Gasteiger partial charge on any atom is -0.394 e. The van der Waals surface area contributed by atoms with Gasteiger partial charge >= 0.3 is 0 Å². The zero-order valence-electron chi connectivity index (χ0n) is 10.4. The van der Waals surface area contributed by atoms with Gasteiger partial charge in [-0.3, -0.25) is 0 Å². The molecule has 92 valence electrons. The van der Waals surface area contributed by atoms with Crippen molar-refractivity contribution < 1.29 is 9.84 Å². The van der Waals surface area contributed by atoms with Gasteiger partial charge < -0.3 is 15.6 Å². The molecule has 0 aliphatic carbocycles. The number of aliphatic hydroxyl groups excluding tert-OH is 1. The van der Waals surface area contributed by atoms with E-state index in [-0.39, 0.29) is 18.8 Å². The summed E-state index contributed by atoms with van der Waals surface area (Å²) in [6, 6.07) is -0.0684. The molecule has 3 heteroatoms. The van der Waals surface area contributed by atoms with Gasteiger partial charge in [-0.2, -0.15) is 0 Å². The lowest BCUT2D eigenvalue weighted by Crippen LogP contribution is -2.43. The summed E-state index contributed by atoms with van der Waals surface area (Å²) in [5, 5.41) is 9.14. The molecular weight excluding hydrogens is 190 g/mol. The molecule has 0 spiro atoms. The van der Waals surface area contributed by atoms with E-state index in [1.807, 2.05) is 13.8 Å². The third kappa shape index (κ3) is 6.88. The highest BCUT2D eigenvalue weighted by Crippen LogP contribution is 2.08. The van der Waals surface area contributed by atoms with Crippen molar-refractivity contribution in [2.75, 3.05) is 13.2 Å². The largest absolute Gasteiger partial charge is 0.394 e. The van der Waals surface area contributed by atoms with Gasteiger partial charge in [0.15, 0.2) is 0 Å². The van der Waals surface area contributed by atoms with Crippen molar-refractivity contribution in [1.82, 2.24) is 0 Å². The van der Waals surface area contributed by atoms with Gasteiger partial charge in [0.1, 0.15) is 0 Å².